The summed E-state index contributed by atoms with van der Waals surface area (Å²) < 4.78 is 404. The molecule has 2 aliphatic rings. The lowest BCUT2D eigenvalue weighted by Gasteiger charge is -2.27. The molecular weight excluding hydrogens is 1020 g/mol. The van der Waals surface area contributed by atoms with Crippen LogP contribution < -0.4 is 9.30 Å². The van der Waals surface area contributed by atoms with Gasteiger partial charge in [0.2, 0.25) is 0 Å². The monoisotopic (exact) mass is 1140 g/mol. The van der Waals surface area contributed by atoms with Gasteiger partial charge < -0.3 is 4.74 Å². The number of imidazole rings is 1. The van der Waals surface area contributed by atoms with Gasteiger partial charge in [0.25, 0.3) is 6.33 Å². The van der Waals surface area contributed by atoms with E-state index < -0.39 is 265 Å². The van der Waals surface area contributed by atoms with Crippen molar-refractivity contribution in [3.05, 3.63) is 246 Å². The SMILES string of the molecule is [2H]c1c([2H])c([2H])c(-c2ccc3c(c2)n(-c2cccc(Oc4ccc5c6ccccc6n(-c6cc(C([2H])([2H])[2H])c(-c7c([2H])c([2H])c([2H])c([2H])c7[2H])cn6)c5c4)c2)[c-][n+]3-c2c(-c3c([2H])c([2H])c4c(c3[2H])C(C([2H])([2H])[2H])(C([2H])([2H])[2H])CC4(C([2H])([2H])[2H])C([2H])([2H])[2H])cc(C(C)(C)C)cc2-c2c([2H])c([2H])c3c(c2[2H])C(C([2H])([2H])[2H])(C([2H])([2H])[2H])CC3(C([2H])([2H])[2H])C([2H])([2H])[2H])c([2H])c1[2H]. The number of hydrogen-bond acceptors (Lipinski definition) is 2. The van der Waals surface area contributed by atoms with Crippen molar-refractivity contribution in [3.8, 4) is 73.2 Å². The topological polar surface area (TPSA) is 35.9 Å². The molecule has 0 N–H and O–H groups in total. The lowest BCUT2D eigenvalue weighted by molar-refractivity contribution is -0.571. The highest BCUT2D eigenvalue weighted by molar-refractivity contribution is 6.09. The van der Waals surface area contributed by atoms with Crippen LogP contribution in [0.4, 0.5) is 0 Å². The van der Waals surface area contributed by atoms with E-state index in [0.29, 0.717) is 21.8 Å². The first-order valence-corrected chi connectivity index (χ1v) is 26.5. The van der Waals surface area contributed by atoms with Gasteiger partial charge >= 0.3 is 0 Å². The second kappa shape index (κ2) is 19.1. The molecule has 0 atom stereocenters. The van der Waals surface area contributed by atoms with Crippen molar-refractivity contribution in [2.75, 3.05) is 0 Å². The van der Waals surface area contributed by atoms with E-state index in [-0.39, 0.29) is 50.7 Å². The molecule has 0 saturated carbocycles. The summed E-state index contributed by atoms with van der Waals surface area (Å²) in [7, 11) is 0. The zero-order valence-electron chi connectivity index (χ0n) is 88.0. The van der Waals surface area contributed by atoms with Crippen LogP contribution in [0.5, 0.6) is 11.5 Å². The molecule has 0 unspecified atom stereocenters. The summed E-state index contributed by atoms with van der Waals surface area (Å²) >= 11 is 0. The van der Waals surface area contributed by atoms with E-state index in [2.05, 4.69) is 11.3 Å². The van der Waals surface area contributed by atoms with Crippen LogP contribution in [-0.4, -0.2) is 14.1 Å². The Morgan fingerprint density at radius 3 is 1.80 bits per heavy atom. The molecule has 9 aromatic carbocycles. The van der Waals surface area contributed by atoms with Gasteiger partial charge in [-0.25, -0.2) is 4.98 Å². The molecule has 3 aromatic heterocycles. The van der Waals surface area contributed by atoms with Crippen molar-refractivity contribution in [2.24, 2.45) is 0 Å². The zero-order valence-corrected chi connectivity index (χ0v) is 45.0. The summed E-state index contributed by atoms with van der Waals surface area (Å²) in [6, 6.07) is 8.92. The standard InChI is InChI=1S/C79H74N4O/c1-50-38-73(80-46-64(50)52-24-17-14-18-25-52)83-69-29-20-19-28-60(69)61-34-33-59(45-71(61)83)84-58-27-21-26-57(44-58)81-49-82(70-37-32-53(41-72(70)81)51-22-15-13-16-23-51)74-62(54-30-35-65-67(39-54)78(9,10)47-76(65,5)6)42-56(75(2,3)4)43-63(74)55-31-36-66-68(40-55)79(11,12)48-77(66,7)8/h13-46H,47-48H2,1-12H3/i1D3,5D3,6D3,7D3,8D3,9D3,10D3,11D3,12D3,13D,14D,15D,16D,17D,18D,22D,23D,24D,25D,30D,31D,35D,36D,39D,40D. The van der Waals surface area contributed by atoms with E-state index in [1.54, 1.807) is 47.0 Å². The van der Waals surface area contributed by atoms with Crippen LogP contribution in [0.15, 0.2) is 206 Å². The van der Waals surface area contributed by atoms with Crippen molar-refractivity contribution in [1.29, 1.82) is 0 Å². The Kier molecular flexibility index (Phi) is 5.47. The Morgan fingerprint density at radius 1 is 0.536 bits per heavy atom. The summed E-state index contributed by atoms with van der Waals surface area (Å²) in [5.74, 6) is -0.00768. The van der Waals surface area contributed by atoms with Gasteiger partial charge in [-0.3, -0.25) is 13.7 Å². The van der Waals surface area contributed by atoms with E-state index in [9.17, 15) is 27.4 Å². The molecule has 0 aliphatic heterocycles. The molecule has 0 radical (unpaired) electrons. The van der Waals surface area contributed by atoms with Crippen molar-refractivity contribution in [3.63, 3.8) is 0 Å². The Hall–Kier alpha value is -8.80. The van der Waals surface area contributed by atoms with Crippen LogP contribution in [0, 0.1) is 13.2 Å². The molecular formula is C79H74N4O. The van der Waals surface area contributed by atoms with Crippen LogP contribution in [0.3, 0.4) is 0 Å². The second-order valence-corrected chi connectivity index (χ2v) is 22.3. The number of benzene rings is 9. The third-order valence-electron chi connectivity index (χ3n) is 15.4. The number of aryl methyl sites for hydroxylation is 1. The third-order valence-corrected chi connectivity index (χ3v) is 15.4. The molecule has 5 nitrogen and oxygen atoms in total. The van der Waals surface area contributed by atoms with Gasteiger partial charge in [0.1, 0.15) is 17.3 Å². The number of fused-ring (bicyclic) bond motifs is 6. The van der Waals surface area contributed by atoms with E-state index in [1.807, 2.05) is 0 Å². The molecule has 0 saturated heterocycles. The van der Waals surface area contributed by atoms with Crippen LogP contribution in [0.2, 0.25) is 0 Å². The Labute approximate surface area is 556 Å². The molecule has 0 amide bonds. The van der Waals surface area contributed by atoms with Gasteiger partial charge in [0, 0.05) is 65.6 Å². The number of hydrogen-bond donors (Lipinski definition) is 0. The summed E-state index contributed by atoms with van der Waals surface area (Å²) in [6.07, 6.45) is 0.516. The minimum atomic E-state index is -4.08. The van der Waals surface area contributed by atoms with E-state index >= 15 is 0 Å². The number of para-hydroxylation sites is 1. The molecule has 0 fully saturated rings. The second-order valence-electron chi connectivity index (χ2n) is 22.3. The third kappa shape index (κ3) is 8.89. The van der Waals surface area contributed by atoms with Crippen LogP contribution in [-0.2, 0) is 27.1 Å². The first-order chi connectivity index (χ1) is 58.0. The number of nitrogens with zero attached hydrogens (tertiary/aromatic N) is 4. The number of ether oxygens (including phenoxy) is 1. The highest BCUT2D eigenvalue weighted by atomic mass is 16.5. The first kappa shape index (κ1) is 24.1. The average Bonchev–Trinajstić information content (AvgIpc) is 1.49. The van der Waals surface area contributed by atoms with Gasteiger partial charge in [0.15, 0.2) is 0 Å². The predicted octanol–water partition coefficient (Wildman–Crippen LogP) is 20.2. The van der Waals surface area contributed by atoms with E-state index in [0.717, 1.165) is 10.8 Å². The quantitative estimate of drug-likeness (QED) is 0.107. The van der Waals surface area contributed by atoms with Gasteiger partial charge in [-0.05, 0) is 168 Å². The Bertz CT molecular complexity index is 6390. The number of rotatable bonds is 9. The fourth-order valence-corrected chi connectivity index (χ4v) is 11.5. The lowest BCUT2D eigenvalue weighted by atomic mass is 9.80. The van der Waals surface area contributed by atoms with Gasteiger partial charge in [0.05, 0.1) is 55.4 Å². The lowest BCUT2D eigenvalue weighted by Crippen LogP contribution is -2.32. The minimum Gasteiger partial charge on any atom is -0.458 e. The smallest absolute Gasteiger partial charge is 0.269 e. The zero-order chi connectivity index (χ0) is 94.7. The van der Waals surface area contributed by atoms with Gasteiger partial charge in [-0.15, -0.1) is 0 Å². The van der Waals surface area contributed by atoms with Crippen molar-refractivity contribution in [1.82, 2.24) is 14.1 Å². The molecule has 12 aromatic rings. The average molecular weight is 1140 g/mol. The van der Waals surface area contributed by atoms with Gasteiger partial charge in [-0.1, -0.05) is 221 Å². The van der Waals surface area contributed by atoms with E-state index in [4.69, 9.17) is 36.3 Å². The summed E-state index contributed by atoms with van der Waals surface area (Å²) in [5.41, 5.74) is -27.6. The molecule has 0 spiro atoms. The first-order valence-electron chi connectivity index (χ1n) is 48.0. The fraction of sp³-hybridized carbons (Fsp3) is 0.241. The van der Waals surface area contributed by atoms with Crippen LogP contribution in [0.1, 0.15) is 181 Å². The predicted molar refractivity (Wildman–Crippen MR) is 349 cm³/mol. The largest absolute Gasteiger partial charge is 0.458 e. The molecule has 3 heterocycles. The Balaban J connectivity index is 1.13. The maximum atomic E-state index is 10.6. The highest BCUT2D eigenvalue weighted by Crippen LogP contribution is 2.53. The summed E-state index contributed by atoms with van der Waals surface area (Å²) in [4.78, 5) is 4.66. The molecule has 14 rings (SSSR count). The van der Waals surface area contributed by atoms with Crippen molar-refractivity contribution >= 4 is 32.8 Å². The van der Waals surface area contributed by atoms with Gasteiger partial charge in [-0.2, -0.15) is 0 Å². The summed E-state index contributed by atoms with van der Waals surface area (Å²) in [5, 5.41) is 1.16. The van der Waals surface area contributed by atoms with Crippen molar-refractivity contribution in [2.45, 2.75) is 122 Å². The van der Waals surface area contributed by atoms with Crippen molar-refractivity contribution < 1.29 is 68.2 Å². The molecule has 2 aliphatic carbocycles. The minimum absolute atomic E-state index is 0.0200. The molecule has 84 heavy (non-hydrogen) atoms. The number of pyridine rings is 1. The fourth-order valence-electron chi connectivity index (χ4n) is 11.5. The maximum Gasteiger partial charge on any atom is 0.269 e. The van der Waals surface area contributed by atoms with Crippen LogP contribution in [0.25, 0.3) is 94.5 Å². The molecule has 5 heteroatoms. The normalized spacial score (nSPS) is 24.4. The number of aromatic nitrogens is 4. The van der Waals surface area contributed by atoms with E-state index in [1.165, 1.54) is 86.0 Å². The maximum absolute atomic E-state index is 10.6. The molecule has 0 bridgehead atoms. The summed E-state index contributed by atoms with van der Waals surface area (Å²) in [6.45, 7) is -30.8. The Morgan fingerprint density at radius 2 is 1.15 bits per heavy atom. The molecule has 416 valence electrons. The highest BCUT2D eigenvalue weighted by Gasteiger charge is 2.43. The van der Waals surface area contributed by atoms with Crippen LogP contribution >= 0.6 is 0 Å².